The SMILES string of the molecule is CCOc1ccc(CNCC2CCN(C3CC3)C2)cc1. The summed E-state index contributed by atoms with van der Waals surface area (Å²) in [5.41, 5.74) is 1.34. The van der Waals surface area contributed by atoms with E-state index in [0.717, 1.165) is 37.4 Å². The second-order valence-electron chi connectivity index (χ2n) is 6.09. The molecule has 1 atom stereocenters. The highest BCUT2D eigenvalue weighted by Crippen LogP contribution is 2.31. The lowest BCUT2D eigenvalue weighted by Crippen LogP contribution is -2.27. The third-order valence-electron chi connectivity index (χ3n) is 4.38. The predicted molar refractivity (Wildman–Crippen MR) is 82.0 cm³/mol. The average Bonchev–Trinajstić information content (AvgIpc) is 3.21. The second kappa shape index (κ2) is 6.59. The van der Waals surface area contributed by atoms with Gasteiger partial charge in [0.05, 0.1) is 6.61 Å². The summed E-state index contributed by atoms with van der Waals surface area (Å²) in [6, 6.07) is 9.37. The zero-order valence-corrected chi connectivity index (χ0v) is 12.5. The summed E-state index contributed by atoms with van der Waals surface area (Å²) in [5, 5.41) is 3.61. The van der Waals surface area contributed by atoms with E-state index in [0.29, 0.717) is 0 Å². The van der Waals surface area contributed by atoms with E-state index in [1.165, 1.54) is 37.9 Å². The predicted octanol–water partition coefficient (Wildman–Crippen LogP) is 2.66. The molecule has 0 bridgehead atoms. The number of nitrogens with one attached hydrogen (secondary N) is 1. The highest BCUT2D eigenvalue weighted by Gasteiger charge is 2.33. The van der Waals surface area contributed by atoms with Crippen LogP contribution in [-0.4, -0.2) is 37.2 Å². The molecule has 1 heterocycles. The lowest BCUT2D eigenvalue weighted by molar-refractivity contribution is 0.312. The summed E-state index contributed by atoms with van der Waals surface area (Å²) in [6.45, 7) is 7.49. The molecule has 1 saturated heterocycles. The number of likely N-dealkylation sites (tertiary alicyclic amines) is 1. The van der Waals surface area contributed by atoms with Crippen molar-refractivity contribution < 1.29 is 4.74 Å². The Morgan fingerprint density at radius 1 is 1.20 bits per heavy atom. The molecule has 0 spiro atoms. The standard InChI is InChI=1S/C17H26N2O/c1-2-20-17-7-3-14(4-8-17)11-18-12-15-9-10-19(13-15)16-5-6-16/h3-4,7-8,15-16,18H,2,5-6,9-13H2,1H3. The monoisotopic (exact) mass is 274 g/mol. The van der Waals surface area contributed by atoms with Crippen molar-refractivity contribution >= 4 is 0 Å². The Labute approximate surface area is 122 Å². The van der Waals surface area contributed by atoms with Gasteiger partial charge < -0.3 is 15.0 Å². The van der Waals surface area contributed by atoms with Crippen LogP contribution in [0.2, 0.25) is 0 Å². The van der Waals surface area contributed by atoms with Crippen molar-refractivity contribution in [3.05, 3.63) is 29.8 Å². The van der Waals surface area contributed by atoms with Crippen molar-refractivity contribution in [3.8, 4) is 5.75 Å². The van der Waals surface area contributed by atoms with Gasteiger partial charge in [-0.3, -0.25) is 0 Å². The summed E-state index contributed by atoms with van der Waals surface area (Å²) in [4.78, 5) is 2.68. The fourth-order valence-corrected chi connectivity index (χ4v) is 3.09. The second-order valence-corrected chi connectivity index (χ2v) is 6.09. The van der Waals surface area contributed by atoms with Gasteiger partial charge in [-0.15, -0.1) is 0 Å². The van der Waals surface area contributed by atoms with E-state index in [2.05, 4.69) is 34.5 Å². The number of hydrogen-bond donors (Lipinski definition) is 1. The first-order valence-electron chi connectivity index (χ1n) is 8.01. The molecule has 1 aromatic rings. The van der Waals surface area contributed by atoms with Crippen LogP contribution < -0.4 is 10.1 Å². The Morgan fingerprint density at radius 3 is 2.70 bits per heavy atom. The first-order valence-corrected chi connectivity index (χ1v) is 8.01. The Hall–Kier alpha value is -1.06. The van der Waals surface area contributed by atoms with E-state index < -0.39 is 0 Å². The lowest BCUT2D eigenvalue weighted by Gasteiger charge is -2.15. The van der Waals surface area contributed by atoms with Crippen LogP contribution in [0.1, 0.15) is 31.7 Å². The number of hydrogen-bond acceptors (Lipinski definition) is 3. The van der Waals surface area contributed by atoms with Gasteiger partial charge in [0, 0.05) is 19.1 Å². The molecule has 0 radical (unpaired) electrons. The Balaban J connectivity index is 1.36. The quantitative estimate of drug-likeness (QED) is 0.827. The molecule has 3 nitrogen and oxygen atoms in total. The Bertz CT molecular complexity index is 414. The molecule has 1 N–H and O–H groups in total. The maximum Gasteiger partial charge on any atom is 0.119 e. The van der Waals surface area contributed by atoms with Gasteiger partial charge in [0.25, 0.3) is 0 Å². The molecule has 110 valence electrons. The minimum absolute atomic E-state index is 0.733. The molecule has 1 aliphatic carbocycles. The van der Waals surface area contributed by atoms with Crippen LogP contribution in [0.15, 0.2) is 24.3 Å². The molecule has 1 unspecified atom stereocenters. The van der Waals surface area contributed by atoms with Crippen molar-refractivity contribution in [1.82, 2.24) is 10.2 Å². The fourth-order valence-electron chi connectivity index (χ4n) is 3.09. The molecule has 20 heavy (non-hydrogen) atoms. The number of rotatable bonds is 7. The highest BCUT2D eigenvalue weighted by molar-refractivity contribution is 5.27. The summed E-state index contributed by atoms with van der Waals surface area (Å²) >= 11 is 0. The van der Waals surface area contributed by atoms with Crippen LogP contribution in [0.4, 0.5) is 0 Å². The lowest BCUT2D eigenvalue weighted by atomic mass is 10.1. The van der Waals surface area contributed by atoms with E-state index in [1.54, 1.807) is 0 Å². The van der Waals surface area contributed by atoms with Crippen LogP contribution in [-0.2, 0) is 6.54 Å². The van der Waals surface area contributed by atoms with Gasteiger partial charge in [0.15, 0.2) is 0 Å². The molecule has 0 aromatic heterocycles. The van der Waals surface area contributed by atoms with Crippen molar-refractivity contribution in [1.29, 1.82) is 0 Å². The number of ether oxygens (including phenoxy) is 1. The normalized spacial score (nSPS) is 23.1. The zero-order chi connectivity index (χ0) is 13.8. The first kappa shape index (κ1) is 13.9. The van der Waals surface area contributed by atoms with Crippen LogP contribution in [0.3, 0.4) is 0 Å². The van der Waals surface area contributed by atoms with Crippen molar-refractivity contribution in [2.24, 2.45) is 5.92 Å². The Kier molecular flexibility index (Phi) is 4.58. The van der Waals surface area contributed by atoms with E-state index >= 15 is 0 Å². The minimum atomic E-state index is 0.733. The van der Waals surface area contributed by atoms with Crippen LogP contribution in [0, 0.1) is 5.92 Å². The third kappa shape index (κ3) is 3.74. The average molecular weight is 274 g/mol. The molecule has 1 aliphatic heterocycles. The maximum atomic E-state index is 5.46. The summed E-state index contributed by atoms with van der Waals surface area (Å²) in [6.07, 6.45) is 4.24. The minimum Gasteiger partial charge on any atom is -0.494 e. The van der Waals surface area contributed by atoms with Gasteiger partial charge in [-0.2, -0.15) is 0 Å². The van der Waals surface area contributed by atoms with Gasteiger partial charge in [-0.25, -0.2) is 0 Å². The van der Waals surface area contributed by atoms with Crippen LogP contribution in [0.25, 0.3) is 0 Å². The zero-order valence-electron chi connectivity index (χ0n) is 12.5. The van der Waals surface area contributed by atoms with Gasteiger partial charge in [-0.1, -0.05) is 12.1 Å². The van der Waals surface area contributed by atoms with E-state index in [9.17, 15) is 0 Å². The van der Waals surface area contributed by atoms with Gasteiger partial charge in [0.2, 0.25) is 0 Å². The van der Waals surface area contributed by atoms with E-state index in [4.69, 9.17) is 4.74 Å². The summed E-state index contributed by atoms with van der Waals surface area (Å²) < 4.78 is 5.46. The highest BCUT2D eigenvalue weighted by atomic mass is 16.5. The molecule has 2 aliphatic rings. The summed E-state index contributed by atoms with van der Waals surface area (Å²) in [5.74, 6) is 1.81. The number of benzene rings is 1. The van der Waals surface area contributed by atoms with E-state index in [1.807, 2.05) is 6.92 Å². The van der Waals surface area contributed by atoms with Gasteiger partial charge in [0.1, 0.15) is 5.75 Å². The van der Waals surface area contributed by atoms with Crippen LogP contribution >= 0.6 is 0 Å². The van der Waals surface area contributed by atoms with Gasteiger partial charge >= 0.3 is 0 Å². The molecule has 2 fully saturated rings. The smallest absolute Gasteiger partial charge is 0.119 e. The van der Waals surface area contributed by atoms with Crippen molar-refractivity contribution in [2.75, 3.05) is 26.2 Å². The molecular weight excluding hydrogens is 248 g/mol. The number of nitrogens with zero attached hydrogens (tertiary/aromatic N) is 1. The van der Waals surface area contributed by atoms with E-state index in [-0.39, 0.29) is 0 Å². The van der Waals surface area contributed by atoms with Crippen molar-refractivity contribution in [3.63, 3.8) is 0 Å². The largest absolute Gasteiger partial charge is 0.494 e. The summed E-state index contributed by atoms with van der Waals surface area (Å²) in [7, 11) is 0. The molecule has 3 heteroatoms. The van der Waals surface area contributed by atoms with Gasteiger partial charge in [-0.05, 0) is 62.9 Å². The Morgan fingerprint density at radius 2 is 2.00 bits per heavy atom. The van der Waals surface area contributed by atoms with Crippen molar-refractivity contribution in [2.45, 2.75) is 38.8 Å². The first-order chi connectivity index (χ1) is 9.85. The molecule has 0 amide bonds. The molecular formula is C17H26N2O. The molecule has 1 saturated carbocycles. The maximum absolute atomic E-state index is 5.46. The van der Waals surface area contributed by atoms with Crippen LogP contribution in [0.5, 0.6) is 5.75 Å². The fraction of sp³-hybridized carbons (Fsp3) is 0.647. The third-order valence-corrected chi connectivity index (χ3v) is 4.38. The topological polar surface area (TPSA) is 24.5 Å². The molecule has 1 aromatic carbocycles. The molecule has 3 rings (SSSR count).